The normalized spacial score (nSPS) is 20.9. The second-order valence-electron chi connectivity index (χ2n) is 7.28. The van der Waals surface area contributed by atoms with Crippen LogP contribution in [0.25, 0.3) is 0 Å². The van der Waals surface area contributed by atoms with Crippen molar-refractivity contribution < 1.29 is 4.39 Å². The summed E-state index contributed by atoms with van der Waals surface area (Å²) in [5.74, 6) is 1.16. The number of nitriles is 1. The Hall–Kier alpha value is -1.40. The lowest BCUT2D eigenvalue weighted by atomic mass is 10.1. The summed E-state index contributed by atoms with van der Waals surface area (Å²) in [6.07, 6.45) is 5.21. The van der Waals surface area contributed by atoms with Crippen LogP contribution in [0.15, 0.2) is 23.2 Å². The van der Waals surface area contributed by atoms with Gasteiger partial charge in [-0.2, -0.15) is 5.26 Å². The molecule has 2 aliphatic heterocycles. The van der Waals surface area contributed by atoms with E-state index in [0.717, 1.165) is 19.0 Å². The molecule has 0 spiro atoms. The van der Waals surface area contributed by atoms with Crippen LogP contribution in [0.2, 0.25) is 0 Å². The van der Waals surface area contributed by atoms with Crippen molar-refractivity contribution in [2.45, 2.75) is 32.2 Å². The molecule has 2 heterocycles. The zero-order valence-electron chi connectivity index (χ0n) is 16.0. The quantitative estimate of drug-likeness (QED) is 0.405. The molecule has 0 radical (unpaired) electrons. The van der Waals surface area contributed by atoms with E-state index < -0.39 is 0 Å². The molecule has 5 nitrogen and oxygen atoms in total. The van der Waals surface area contributed by atoms with Crippen LogP contribution in [-0.2, 0) is 6.54 Å². The largest absolute Gasteiger partial charge is 0.352 e. The second-order valence-corrected chi connectivity index (χ2v) is 7.28. The Morgan fingerprint density at radius 2 is 2.07 bits per heavy atom. The highest BCUT2D eigenvalue weighted by Crippen LogP contribution is 2.20. The molecule has 2 aliphatic rings. The van der Waals surface area contributed by atoms with E-state index in [1.165, 1.54) is 51.4 Å². The molecule has 27 heavy (non-hydrogen) atoms. The number of nitrogens with zero attached hydrogens (tertiary/aromatic N) is 4. The fraction of sp³-hybridized carbons (Fsp3) is 0.600. The van der Waals surface area contributed by atoms with E-state index in [1.807, 2.05) is 6.07 Å². The van der Waals surface area contributed by atoms with E-state index in [0.29, 0.717) is 23.6 Å². The van der Waals surface area contributed by atoms with Crippen molar-refractivity contribution in [3.63, 3.8) is 0 Å². The molecule has 1 aromatic carbocycles. The van der Waals surface area contributed by atoms with Gasteiger partial charge in [-0.25, -0.2) is 4.39 Å². The molecule has 0 amide bonds. The Bertz CT molecular complexity index is 681. The summed E-state index contributed by atoms with van der Waals surface area (Å²) in [6.45, 7) is 6.03. The summed E-state index contributed by atoms with van der Waals surface area (Å²) in [5.41, 5.74) is 0.893. The van der Waals surface area contributed by atoms with Gasteiger partial charge in [-0.05, 0) is 50.4 Å². The van der Waals surface area contributed by atoms with Crippen molar-refractivity contribution in [3.8, 4) is 6.07 Å². The molecule has 0 saturated carbocycles. The lowest BCUT2D eigenvalue weighted by Gasteiger charge is -2.29. The Kier molecular flexibility index (Phi) is 8.77. The first-order chi connectivity index (χ1) is 12.7. The van der Waals surface area contributed by atoms with Crippen LogP contribution in [0.3, 0.4) is 0 Å². The first kappa shape index (κ1) is 21.9. The van der Waals surface area contributed by atoms with Gasteiger partial charge >= 0.3 is 0 Å². The van der Waals surface area contributed by atoms with Crippen LogP contribution in [0.5, 0.6) is 0 Å². The van der Waals surface area contributed by atoms with Crippen LogP contribution in [0, 0.1) is 23.1 Å². The molecule has 7 heteroatoms. The molecule has 1 N–H and O–H groups in total. The minimum atomic E-state index is -0.351. The molecule has 0 bridgehead atoms. The fourth-order valence-electron chi connectivity index (χ4n) is 3.95. The number of halogens is 2. The van der Waals surface area contributed by atoms with E-state index in [9.17, 15) is 4.39 Å². The van der Waals surface area contributed by atoms with Gasteiger partial charge in [0.1, 0.15) is 5.82 Å². The first-order valence-corrected chi connectivity index (χ1v) is 9.56. The summed E-state index contributed by atoms with van der Waals surface area (Å²) in [6, 6.07) is 6.55. The van der Waals surface area contributed by atoms with E-state index in [4.69, 9.17) is 5.26 Å². The van der Waals surface area contributed by atoms with Gasteiger partial charge in [0, 0.05) is 38.8 Å². The predicted octanol–water partition coefficient (Wildman–Crippen LogP) is 3.20. The highest BCUT2D eigenvalue weighted by Gasteiger charge is 2.27. The smallest absolute Gasteiger partial charge is 0.193 e. The molecular weight excluding hydrogens is 456 g/mol. The van der Waals surface area contributed by atoms with Crippen molar-refractivity contribution in [1.82, 2.24) is 15.1 Å². The molecule has 148 valence electrons. The first-order valence-electron chi connectivity index (χ1n) is 9.56. The molecule has 1 unspecified atom stereocenters. The predicted molar refractivity (Wildman–Crippen MR) is 117 cm³/mol. The number of benzene rings is 1. The highest BCUT2D eigenvalue weighted by atomic mass is 127. The van der Waals surface area contributed by atoms with Crippen molar-refractivity contribution in [3.05, 3.63) is 35.1 Å². The SMILES string of the molecule is CN=C(NCc1ccc(C#N)cc1F)N1CCC(CN2CCCCC2)C1.I. The van der Waals surface area contributed by atoms with Crippen molar-refractivity contribution in [2.75, 3.05) is 39.8 Å². The van der Waals surface area contributed by atoms with E-state index in [1.54, 1.807) is 19.2 Å². The number of nitrogens with one attached hydrogen (secondary N) is 1. The van der Waals surface area contributed by atoms with Crippen LogP contribution < -0.4 is 5.32 Å². The molecule has 2 fully saturated rings. The second kappa shape index (κ2) is 10.8. The number of hydrogen-bond donors (Lipinski definition) is 1. The Balaban J connectivity index is 0.00000261. The third-order valence-corrected chi connectivity index (χ3v) is 5.38. The summed E-state index contributed by atoms with van der Waals surface area (Å²) >= 11 is 0. The minimum Gasteiger partial charge on any atom is -0.352 e. The molecule has 1 atom stereocenters. The van der Waals surface area contributed by atoms with Crippen LogP contribution in [-0.4, -0.2) is 55.5 Å². The lowest BCUT2D eigenvalue weighted by Crippen LogP contribution is -2.41. The number of guanidine groups is 1. The summed E-state index contributed by atoms with van der Waals surface area (Å²) < 4.78 is 14.0. The molecular formula is C20H29FIN5. The average molecular weight is 485 g/mol. The zero-order valence-corrected chi connectivity index (χ0v) is 18.3. The van der Waals surface area contributed by atoms with Gasteiger partial charge in [-0.15, -0.1) is 24.0 Å². The van der Waals surface area contributed by atoms with Crippen molar-refractivity contribution in [2.24, 2.45) is 10.9 Å². The van der Waals surface area contributed by atoms with Gasteiger partial charge in [-0.3, -0.25) is 4.99 Å². The maximum atomic E-state index is 14.0. The van der Waals surface area contributed by atoms with E-state index >= 15 is 0 Å². The van der Waals surface area contributed by atoms with Gasteiger partial charge in [-0.1, -0.05) is 12.5 Å². The summed E-state index contributed by atoms with van der Waals surface area (Å²) in [7, 11) is 1.77. The van der Waals surface area contributed by atoms with Crippen molar-refractivity contribution >= 4 is 29.9 Å². The van der Waals surface area contributed by atoms with Crippen molar-refractivity contribution in [1.29, 1.82) is 5.26 Å². The van der Waals surface area contributed by atoms with Gasteiger partial charge in [0.2, 0.25) is 0 Å². The highest BCUT2D eigenvalue weighted by molar-refractivity contribution is 14.0. The average Bonchev–Trinajstić information content (AvgIpc) is 3.12. The number of piperidine rings is 1. The van der Waals surface area contributed by atoms with Crippen LogP contribution >= 0.6 is 24.0 Å². The molecule has 1 aromatic rings. The monoisotopic (exact) mass is 485 g/mol. The molecule has 2 saturated heterocycles. The number of aliphatic imine (C=N–C) groups is 1. The van der Waals surface area contributed by atoms with Gasteiger partial charge in [0.15, 0.2) is 5.96 Å². The number of rotatable bonds is 4. The van der Waals surface area contributed by atoms with Gasteiger partial charge in [0.05, 0.1) is 11.6 Å². The van der Waals surface area contributed by atoms with Crippen LogP contribution in [0.4, 0.5) is 4.39 Å². The van der Waals surface area contributed by atoms with Gasteiger partial charge < -0.3 is 15.1 Å². The topological polar surface area (TPSA) is 54.7 Å². The summed E-state index contributed by atoms with van der Waals surface area (Å²) in [4.78, 5) is 9.24. The Morgan fingerprint density at radius 1 is 1.30 bits per heavy atom. The standard InChI is InChI=1S/C20H28FN5.HI/c1-23-20(24-13-18-6-5-16(12-22)11-19(18)21)26-10-7-17(15-26)14-25-8-3-2-4-9-25;/h5-6,11,17H,2-4,7-10,13-15H2,1H3,(H,23,24);1H. The van der Waals surface area contributed by atoms with E-state index in [2.05, 4.69) is 20.1 Å². The summed E-state index contributed by atoms with van der Waals surface area (Å²) in [5, 5.41) is 12.1. The molecule has 0 aliphatic carbocycles. The molecule has 3 rings (SSSR count). The fourth-order valence-corrected chi connectivity index (χ4v) is 3.95. The van der Waals surface area contributed by atoms with Crippen LogP contribution in [0.1, 0.15) is 36.8 Å². The Labute approximate surface area is 178 Å². The molecule has 0 aromatic heterocycles. The zero-order chi connectivity index (χ0) is 18.4. The maximum Gasteiger partial charge on any atom is 0.193 e. The van der Waals surface area contributed by atoms with E-state index in [-0.39, 0.29) is 29.8 Å². The lowest BCUT2D eigenvalue weighted by molar-refractivity contribution is 0.198. The number of likely N-dealkylation sites (tertiary alicyclic amines) is 2. The Morgan fingerprint density at radius 3 is 2.74 bits per heavy atom. The third-order valence-electron chi connectivity index (χ3n) is 5.38. The maximum absolute atomic E-state index is 14.0. The van der Waals surface area contributed by atoms with Gasteiger partial charge in [0.25, 0.3) is 0 Å². The minimum absolute atomic E-state index is 0. The third kappa shape index (κ3) is 6.04. The number of hydrogen-bond acceptors (Lipinski definition) is 3.